The second kappa shape index (κ2) is 8.23. The molecule has 3 aromatic rings. The van der Waals surface area contributed by atoms with E-state index in [-0.39, 0.29) is 0 Å². The monoisotopic (exact) mass is 389 g/mol. The van der Waals surface area contributed by atoms with Crippen molar-refractivity contribution in [1.82, 2.24) is 14.9 Å². The van der Waals surface area contributed by atoms with Crippen LogP contribution < -0.4 is 5.48 Å². The first-order valence-corrected chi connectivity index (χ1v) is 10.0. The maximum atomic E-state index is 11.2. The molecule has 150 valence electrons. The van der Waals surface area contributed by atoms with Crippen LogP contribution in [0.3, 0.4) is 0 Å². The normalized spacial score (nSPS) is 16.1. The quantitative estimate of drug-likeness (QED) is 0.382. The maximum Gasteiger partial charge on any atom is 0.267 e. The van der Waals surface area contributed by atoms with Gasteiger partial charge in [-0.25, -0.2) is 5.48 Å². The Hall–Kier alpha value is -2.89. The number of rotatable bonds is 6. The molecule has 1 aromatic heterocycles. The number of hydrogen-bond acceptors (Lipinski definition) is 3. The highest BCUT2D eigenvalue weighted by Gasteiger charge is 2.25. The number of para-hydroxylation sites is 1. The smallest absolute Gasteiger partial charge is 0.267 e. The Morgan fingerprint density at radius 2 is 2.14 bits per heavy atom. The predicted molar refractivity (Wildman–Crippen MR) is 116 cm³/mol. The first kappa shape index (κ1) is 19.4. The standard InChI is InChI=1S/C24H27N3O2/c1-26(14-13-19-16-27(2)22-6-4-3-5-20(19)22)23-11-9-18-15-17(7-10-21(18)23)8-12-24(28)25-29/h3-8,10,12,15-16,23,29H,9,11,13-14H2,1-2H3,(H,25,28). The molecule has 1 aliphatic rings. The summed E-state index contributed by atoms with van der Waals surface area (Å²) in [5, 5.41) is 9.94. The molecule has 0 bridgehead atoms. The molecule has 0 saturated heterocycles. The molecule has 2 N–H and O–H groups in total. The van der Waals surface area contributed by atoms with Crippen LogP contribution in [0.4, 0.5) is 0 Å². The minimum absolute atomic E-state index is 0.429. The number of benzene rings is 2. The molecule has 0 saturated carbocycles. The third-order valence-corrected chi connectivity index (χ3v) is 6.00. The van der Waals surface area contributed by atoms with Crippen molar-refractivity contribution in [3.05, 3.63) is 77.0 Å². The van der Waals surface area contributed by atoms with E-state index in [1.165, 1.54) is 33.7 Å². The maximum absolute atomic E-state index is 11.2. The molecular formula is C24H27N3O2. The van der Waals surface area contributed by atoms with Gasteiger partial charge in [-0.05, 0) is 60.7 Å². The number of likely N-dealkylation sites (N-methyl/N-ethyl adjacent to an activating group) is 1. The van der Waals surface area contributed by atoms with Gasteiger partial charge in [0.1, 0.15) is 0 Å². The van der Waals surface area contributed by atoms with Crippen LogP contribution >= 0.6 is 0 Å². The van der Waals surface area contributed by atoms with Crippen LogP contribution in [0.1, 0.15) is 34.7 Å². The average Bonchev–Trinajstić information content (AvgIpc) is 3.31. The van der Waals surface area contributed by atoms with Gasteiger partial charge in [0.25, 0.3) is 5.91 Å². The molecule has 0 radical (unpaired) electrons. The zero-order chi connectivity index (χ0) is 20.4. The van der Waals surface area contributed by atoms with E-state index in [4.69, 9.17) is 5.21 Å². The van der Waals surface area contributed by atoms with Crippen molar-refractivity contribution in [3.63, 3.8) is 0 Å². The topological polar surface area (TPSA) is 57.5 Å². The van der Waals surface area contributed by atoms with E-state index in [1.54, 1.807) is 11.6 Å². The van der Waals surface area contributed by atoms with Gasteiger partial charge < -0.3 is 4.57 Å². The van der Waals surface area contributed by atoms with Crippen molar-refractivity contribution < 1.29 is 10.0 Å². The molecule has 0 aliphatic heterocycles. The Bertz CT molecular complexity index is 1070. The number of nitrogens with zero attached hydrogens (tertiary/aromatic N) is 2. The summed E-state index contributed by atoms with van der Waals surface area (Å²) in [7, 11) is 4.32. The highest BCUT2D eigenvalue weighted by molar-refractivity contribution is 5.90. The summed E-state index contributed by atoms with van der Waals surface area (Å²) < 4.78 is 2.21. The first-order valence-electron chi connectivity index (χ1n) is 10.0. The number of hydroxylamine groups is 1. The second-order valence-electron chi connectivity index (χ2n) is 7.84. The summed E-state index contributed by atoms with van der Waals surface area (Å²) in [5.74, 6) is -0.517. The van der Waals surface area contributed by atoms with Crippen molar-refractivity contribution in [1.29, 1.82) is 0 Å². The van der Waals surface area contributed by atoms with E-state index >= 15 is 0 Å². The summed E-state index contributed by atoms with van der Waals surface area (Å²) in [6.07, 6.45) is 8.51. The summed E-state index contributed by atoms with van der Waals surface area (Å²) in [6.45, 7) is 1.01. The number of aryl methyl sites for hydroxylation is 2. The van der Waals surface area contributed by atoms with Gasteiger partial charge in [-0.1, -0.05) is 36.4 Å². The molecule has 0 spiro atoms. The Morgan fingerprint density at radius 1 is 1.31 bits per heavy atom. The lowest BCUT2D eigenvalue weighted by atomic mass is 10.0. The number of amides is 1. The molecule has 29 heavy (non-hydrogen) atoms. The largest absolute Gasteiger partial charge is 0.350 e. The van der Waals surface area contributed by atoms with Gasteiger partial charge in [-0.3, -0.25) is 14.9 Å². The fourth-order valence-corrected chi connectivity index (χ4v) is 4.46. The van der Waals surface area contributed by atoms with Crippen LogP contribution in [0.2, 0.25) is 0 Å². The Kier molecular flexibility index (Phi) is 5.51. The second-order valence-corrected chi connectivity index (χ2v) is 7.84. The third-order valence-electron chi connectivity index (χ3n) is 6.00. The molecular weight excluding hydrogens is 362 g/mol. The van der Waals surface area contributed by atoms with Gasteiger partial charge in [0, 0.05) is 42.8 Å². The van der Waals surface area contributed by atoms with Crippen molar-refractivity contribution in [2.45, 2.75) is 25.3 Å². The fourth-order valence-electron chi connectivity index (χ4n) is 4.46. The zero-order valence-corrected chi connectivity index (χ0v) is 16.9. The molecule has 1 atom stereocenters. The summed E-state index contributed by atoms with van der Waals surface area (Å²) >= 11 is 0. The number of nitrogens with one attached hydrogen (secondary N) is 1. The van der Waals surface area contributed by atoms with E-state index in [0.717, 1.165) is 31.4 Å². The SMILES string of the molecule is CN(CCc1cn(C)c2ccccc12)C1CCc2cc(C=CC(=O)NO)ccc21. The summed E-state index contributed by atoms with van der Waals surface area (Å²) in [5.41, 5.74) is 8.01. The molecule has 2 aromatic carbocycles. The van der Waals surface area contributed by atoms with E-state index in [1.807, 2.05) is 6.07 Å². The van der Waals surface area contributed by atoms with Crippen molar-refractivity contribution in [2.24, 2.45) is 7.05 Å². The Morgan fingerprint density at radius 3 is 2.97 bits per heavy atom. The minimum Gasteiger partial charge on any atom is -0.350 e. The van der Waals surface area contributed by atoms with Crippen LogP contribution in [0.15, 0.2) is 54.7 Å². The van der Waals surface area contributed by atoms with Crippen LogP contribution in [-0.4, -0.2) is 34.2 Å². The molecule has 1 heterocycles. The fraction of sp³-hybridized carbons (Fsp3) is 0.292. The van der Waals surface area contributed by atoms with Gasteiger partial charge in [-0.2, -0.15) is 0 Å². The molecule has 5 heteroatoms. The van der Waals surface area contributed by atoms with Crippen LogP contribution in [0.5, 0.6) is 0 Å². The molecule has 1 aliphatic carbocycles. The lowest BCUT2D eigenvalue weighted by Gasteiger charge is -2.25. The van der Waals surface area contributed by atoms with Crippen molar-refractivity contribution in [3.8, 4) is 0 Å². The van der Waals surface area contributed by atoms with E-state index in [9.17, 15) is 4.79 Å². The van der Waals surface area contributed by atoms with E-state index in [2.05, 4.69) is 66.2 Å². The molecule has 4 rings (SSSR count). The van der Waals surface area contributed by atoms with E-state index < -0.39 is 5.91 Å². The number of aromatic nitrogens is 1. The average molecular weight is 389 g/mol. The van der Waals surface area contributed by atoms with Crippen LogP contribution in [-0.2, 0) is 24.7 Å². The Balaban J connectivity index is 1.45. The summed E-state index contributed by atoms with van der Waals surface area (Å²) in [6, 6.07) is 15.4. The van der Waals surface area contributed by atoms with Gasteiger partial charge in [-0.15, -0.1) is 0 Å². The zero-order valence-electron chi connectivity index (χ0n) is 16.9. The lowest BCUT2D eigenvalue weighted by molar-refractivity contribution is -0.124. The first-order chi connectivity index (χ1) is 14.1. The predicted octanol–water partition coefficient (Wildman–Crippen LogP) is 3.86. The number of carbonyl (C=O) groups is 1. The van der Waals surface area contributed by atoms with Gasteiger partial charge in [0.05, 0.1) is 0 Å². The highest BCUT2D eigenvalue weighted by Crippen LogP contribution is 2.36. The van der Waals surface area contributed by atoms with Gasteiger partial charge >= 0.3 is 0 Å². The van der Waals surface area contributed by atoms with Gasteiger partial charge in [0.2, 0.25) is 0 Å². The molecule has 1 amide bonds. The number of hydrogen-bond donors (Lipinski definition) is 2. The molecule has 5 nitrogen and oxygen atoms in total. The van der Waals surface area contributed by atoms with Crippen molar-refractivity contribution in [2.75, 3.05) is 13.6 Å². The summed E-state index contributed by atoms with van der Waals surface area (Å²) in [4.78, 5) is 13.6. The van der Waals surface area contributed by atoms with Gasteiger partial charge in [0.15, 0.2) is 0 Å². The number of fused-ring (bicyclic) bond motifs is 2. The molecule has 1 unspecified atom stereocenters. The Labute approximate surface area is 171 Å². The van der Waals surface area contributed by atoms with Crippen LogP contribution in [0, 0.1) is 0 Å². The highest BCUT2D eigenvalue weighted by atomic mass is 16.5. The minimum atomic E-state index is -0.517. The third kappa shape index (κ3) is 3.97. The molecule has 0 fully saturated rings. The van der Waals surface area contributed by atoms with Crippen LogP contribution in [0.25, 0.3) is 17.0 Å². The lowest BCUT2D eigenvalue weighted by Crippen LogP contribution is -2.25. The number of carbonyl (C=O) groups excluding carboxylic acids is 1. The van der Waals surface area contributed by atoms with Crippen molar-refractivity contribution >= 4 is 22.9 Å². The van der Waals surface area contributed by atoms with E-state index in [0.29, 0.717) is 6.04 Å².